The minimum Gasteiger partial charge on any atom is -0.484 e. The van der Waals surface area contributed by atoms with Gasteiger partial charge in [-0.25, -0.2) is 4.79 Å². The summed E-state index contributed by atoms with van der Waals surface area (Å²) in [5.41, 5.74) is 2.29. The summed E-state index contributed by atoms with van der Waals surface area (Å²) in [5.74, 6) is -0.844. The van der Waals surface area contributed by atoms with Crippen molar-refractivity contribution in [1.82, 2.24) is 0 Å². The molecule has 0 bridgehead atoms. The molecular weight excluding hydrogens is 411 g/mol. The molecule has 1 N–H and O–H groups in total. The molecule has 0 radical (unpaired) electrons. The quantitative estimate of drug-likeness (QED) is 0.615. The average Bonchev–Trinajstić information content (AvgIpc) is 2.64. The Morgan fingerprint density at radius 1 is 1.26 bits per heavy atom. The molecule has 0 amide bonds. The van der Waals surface area contributed by atoms with Crippen LogP contribution >= 0.6 is 0 Å². The third-order valence-corrected chi connectivity index (χ3v) is 4.92. The van der Waals surface area contributed by atoms with Crippen molar-refractivity contribution in [2.75, 3.05) is 18.0 Å². The van der Waals surface area contributed by atoms with Crippen LogP contribution in [0.5, 0.6) is 11.5 Å². The maximum atomic E-state index is 13.0. The maximum absolute atomic E-state index is 13.0. The van der Waals surface area contributed by atoms with Crippen molar-refractivity contribution in [2.24, 2.45) is 0 Å². The number of ether oxygens (including phenoxy) is 2. The number of carboxylic acids is 1. The first-order chi connectivity index (χ1) is 14.4. The molecule has 0 saturated heterocycles. The second-order valence-corrected chi connectivity index (χ2v) is 7.99. The Hall–Kier alpha value is -3.16. The first-order valence-corrected chi connectivity index (χ1v) is 9.78. The Kier molecular flexibility index (Phi) is 5.93. The number of nitrogens with zero attached hydrogens (tertiary/aromatic N) is 1. The van der Waals surface area contributed by atoms with Crippen molar-refractivity contribution in [3.63, 3.8) is 0 Å². The van der Waals surface area contributed by atoms with Crippen LogP contribution < -0.4 is 14.4 Å². The fourth-order valence-corrected chi connectivity index (χ4v) is 3.69. The zero-order valence-corrected chi connectivity index (χ0v) is 17.7. The summed E-state index contributed by atoms with van der Waals surface area (Å²) in [7, 11) is 0. The van der Waals surface area contributed by atoms with Gasteiger partial charge in [-0.2, -0.15) is 0 Å². The Balaban J connectivity index is 2.18. The highest BCUT2D eigenvalue weighted by molar-refractivity contribution is 5.87. The van der Waals surface area contributed by atoms with Crippen LogP contribution in [-0.4, -0.2) is 36.1 Å². The van der Waals surface area contributed by atoms with E-state index in [9.17, 15) is 18.0 Å². The van der Waals surface area contributed by atoms with Gasteiger partial charge >= 0.3 is 12.3 Å². The Morgan fingerprint density at radius 2 is 1.97 bits per heavy atom. The van der Waals surface area contributed by atoms with Gasteiger partial charge in [-0.3, -0.25) is 0 Å². The lowest BCUT2D eigenvalue weighted by Crippen LogP contribution is -2.46. The van der Waals surface area contributed by atoms with Crippen molar-refractivity contribution in [3.05, 3.63) is 47.5 Å². The molecule has 1 aliphatic heterocycles. The number of hydrogen-bond acceptors (Lipinski definition) is 4. The Labute approximate surface area is 178 Å². The van der Waals surface area contributed by atoms with Gasteiger partial charge in [-0.15, -0.1) is 13.2 Å². The molecule has 2 aromatic carbocycles. The smallest absolute Gasteiger partial charge is 0.484 e. The fraction of sp³-hybridized carbons (Fsp3) is 0.348. The molecule has 0 atom stereocenters. The van der Waals surface area contributed by atoms with Crippen LogP contribution in [0.3, 0.4) is 0 Å². The number of benzene rings is 2. The number of rotatable bonds is 5. The van der Waals surface area contributed by atoms with E-state index in [4.69, 9.17) is 9.84 Å². The van der Waals surface area contributed by atoms with Crippen molar-refractivity contribution >= 4 is 17.7 Å². The molecule has 0 aromatic heterocycles. The predicted molar refractivity (Wildman–Crippen MR) is 113 cm³/mol. The Morgan fingerprint density at radius 3 is 2.58 bits per heavy atom. The largest absolute Gasteiger partial charge is 0.573 e. The van der Waals surface area contributed by atoms with E-state index in [1.54, 1.807) is 13.0 Å². The first kappa shape index (κ1) is 22.5. The fourth-order valence-electron chi connectivity index (χ4n) is 3.69. The van der Waals surface area contributed by atoms with E-state index in [1.807, 2.05) is 26.8 Å². The molecule has 166 valence electrons. The van der Waals surface area contributed by atoms with Gasteiger partial charge in [0.2, 0.25) is 0 Å². The number of fused-ring (bicyclic) bond motifs is 1. The third kappa shape index (κ3) is 5.31. The number of halogens is 3. The maximum Gasteiger partial charge on any atom is 0.573 e. The summed E-state index contributed by atoms with van der Waals surface area (Å²) in [6.07, 6.45) is -2.61. The molecule has 1 aliphatic rings. The molecule has 0 saturated carbocycles. The van der Waals surface area contributed by atoms with E-state index in [-0.39, 0.29) is 11.3 Å². The summed E-state index contributed by atoms with van der Waals surface area (Å²) in [6, 6.07) is 7.67. The minimum absolute atomic E-state index is 0.214. The van der Waals surface area contributed by atoms with Crippen LogP contribution in [0.1, 0.15) is 31.9 Å². The number of carbonyl (C=O) groups is 1. The topological polar surface area (TPSA) is 59.0 Å². The van der Waals surface area contributed by atoms with Gasteiger partial charge in [-0.05, 0) is 74.7 Å². The van der Waals surface area contributed by atoms with Crippen molar-refractivity contribution in [3.8, 4) is 22.6 Å². The molecule has 5 nitrogen and oxygen atoms in total. The lowest BCUT2D eigenvalue weighted by molar-refractivity contribution is -0.274. The van der Waals surface area contributed by atoms with Crippen LogP contribution in [0.4, 0.5) is 18.9 Å². The molecular formula is C23H24F3NO4. The van der Waals surface area contributed by atoms with Gasteiger partial charge in [0.15, 0.2) is 0 Å². The zero-order valence-electron chi connectivity index (χ0n) is 17.7. The number of aliphatic carboxylic acids is 1. The average molecular weight is 435 g/mol. The van der Waals surface area contributed by atoms with Gasteiger partial charge in [0.25, 0.3) is 0 Å². The van der Waals surface area contributed by atoms with Crippen molar-refractivity contribution in [2.45, 2.75) is 39.7 Å². The van der Waals surface area contributed by atoms with Gasteiger partial charge in [0.05, 0.1) is 12.2 Å². The number of hydrogen-bond donors (Lipinski definition) is 1. The predicted octanol–water partition coefficient (Wildman–Crippen LogP) is 5.66. The highest BCUT2D eigenvalue weighted by atomic mass is 19.4. The molecule has 8 heteroatoms. The molecule has 31 heavy (non-hydrogen) atoms. The SMILES string of the molecule is CCN1CC(C)(C)Oc2cc(C)c(-c3cc(C=CC(=O)O)ccc3OC(F)(F)F)cc21. The Bertz CT molecular complexity index is 1030. The van der Waals surface area contributed by atoms with Gasteiger partial charge in [-0.1, -0.05) is 6.07 Å². The highest BCUT2D eigenvalue weighted by Crippen LogP contribution is 2.44. The van der Waals surface area contributed by atoms with Crippen LogP contribution in [0.2, 0.25) is 0 Å². The number of aryl methyl sites for hydroxylation is 1. The number of carboxylic acid groups (broad SMARTS) is 1. The zero-order chi connectivity index (χ0) is 23.0. The van der Waals surface area contributed by atoms with Crippen LogP contribution in [-0.2, 0) is 4.79 Å². The molecule has 0 unspecified atom stereocenters. The number of alkyl halides is 3. The van der Waals surface area contributed by atoms with Gasteiger partial charge < -0.3 is 19.5 Å². The lowest BCUT2D eigenvalue weighted by atomic mass is 9.95. The molecule has 3 rings (SSSR count). The summed E-state index contributed by atoms with van der Waals surface area (Å²) < 4.78 is 49.4. The number of likely N-dealkylation sites (N-methyl/N-ethyl adjacent to an activating group) is 1. The van der Waals surface area contributed by atoms with E-state index in [1.165, 1.54) is 24.3 Å². The van der Waals surface area contributed by atoms with Crippen LogP contribution in [0.25, 0.3) is 17.2 Å². The highest BCUT2D eigenvalue weighted by Gasteiger charge is 2.34. The van der Waals surface area contributed by atoms with E-state index in [2.05, 4.69) is 9.64 Å². The second kappa shape index (κ2) is 8.17. The third-order valence-electron chi connectivity index (χ3n) is 4.92. The summed E-state index contributed by atoms with van der Waals surface area (Å²) in [6.45, 7) is 9.08. The van der Waals surface area contributed by atoms with Crippen LogP contribution in [0.15, 0.2) is 36.4 Å². The van der Waals surface area contributed by atoms with E-state index < -0.39 is 17.9 Å². The lowest BCUT2D eigenvalue weighted by Gasteiger charge is -2.41. The monoisotopic (exact) mass is 435 g/mol. The van der Waals surface area contributed by atoms with Crippen molar-refractivity contribution < 1.29 is 32.5 Å². The molecule has 0 spiro atoms. The normalized spacial score (nSPS) is 15.5. The van der Waals surface area contributed by atoms with Crippen LogP contribution in [0, 0.1) is 6.92 Å². The summed E-state index contributed by atoms with van der Waals surface area (Å²) in [4.78, 5) is 13.0. The van der Waals surface area contributed by atoms with E-state index in [0.29, 0.717) is 35.5 Å². The van der Waals surface area contributed by atoms with E-state index in [0.717, 1.165) is 11.8 Å². The summed E-state index contributed by atoms with van der Waals surface area (Å²) in [5, 5.41) is 8.86. The number of anilines is 1. The molecule has 0 fully saturated rings. The molecule has 0 aliphatic carbocycles. The van der Waals surface area contributed by atoms with E-state index >= 15 is 0 Å². The minimum atomic E-state index is -4.86. The second-order valence-electron chi connectivity index (χ2n) is 7.99. The molecule has 1 heterocycles. The summed E-state index contributed by atoms with van der Waals surface area (Å²) >= 11 is 0. The van der Waals surface area contributed by atoms with Gasteiger partial charge in [0.1, 0.15) is 17.1 Å². The molecule has 2 aromatic rings. The van der Waals surface area contributed by atoms with Gasteiger partial charge in [0, 0.05) is 18.2 Å². The van der Waals surface area contributed by atoms with Crippen molar-refractivity contribution in [1.29, 1.82) is 0 Å². The standard InChI is InChI=1S/C23H24F3NO4/c1-5-27-13-22(3,4)30-20-10-14(2)16(12-18(20)27)17-11-15(7-9-21(28)29)6-8-19(17)31-23(24,25)26/h6-12H,5,13H2,1-4H3,(H,28,29). The first-order valence-electron chi connectivity index (χ1n) is 9.78.